The van der Waals surface area contributed by atoms with Gasteiger partial charge in [0.15, 0.2) is 0 Å². The van der Waals surface area contributed by atoms with Gasteiger partial charge in [0, 0.05) is 6.42 Å². The van der Waals surface area contributed by atoms with Crippen molar-refractivity contribution in [3.05, 3.63) is 42.0 Å². The van der Waals surface area contributed by atoms with Crippen molar-refractivity contribution in [3.8, 4) is 0 Å². The second kappa shape index (κ2) is 3.81. The average molecular weight is 267 g/mol. The van der Waals surface area contributed by atoms with Gasteiger partial charge in [0.2, 0.25) is 11.8 Å². The Morgan fingerprint density at radius 1 is 1.20 bits per heavy atom. The van der Waals surface area contributed by atoms with Crippen molar-refractivity contribution in [2.75, 3.05) is 4.90 Å². The predicted octanol–water partition coefficient (Wildman–Crippen LogP) is 2.84. The number of fused-ring (bicyclic) bond motifs is 3. The van der Waals surface area contributed by atoms with E-state index in [0.717, 1.165) is 24.1 Å². The van der Waals surface area contributed by atoms with Gasteiger partial charge in [0.05, 0.1) is 11.1 Å². The van der Waals surface area contributed by atoms with Crippen LogP contribution in [0.15, 0.2) is 36.4 Å². The molecular weight excluding hydrogens is 250 g/mol. The van der Waals surface area contributed by atoms with E-state index >= 15 is 0 Å². The number of carbonyl (C=O) groups is 2. The van der Waals surface area contributed by atoms with E-state index in [2.05, 4.69) is 12.2 Å². The molecule has 3 aliphatic rings. The van der Waals surface area contributed by atoms with Gasteiger partial charge in [0.25, 0.3) is 0 Å². The number of nitrogens with zero attached hydrogens (tertiary/aromatic N) is 1. The summed E-state index contributed by atoms with van der Waals surface area (Å²) in [4.78, 5) is 26.8. The normalized spacial score (nSPS) is 34.8. The number of imide groups is 1. The highest BCUT2D eigenvalue weighted by Gasteiger charge is 2.60. The molecule has 1 saturated heterocycles. The van der Waals surface area contributed by atoms with Crippen LogP contribution in [0.3, 0.4) is 0 Å². The number of amides is 2. The quantitative estimate of drug-likeness (QED) is 0.579. The molecular formula is C17H17NO2. The number of benzene rings is 1. The Balaban J connectivity index is 1.77. The Hall–Kier alpha value is -1.90. The van der Waals surface area contributed by atoms with Crippen LogP contribution >= 0.6 is 0 Å². The third kappa shape index (κ3) is 1.35. The lowest BCUT2D eigenvalue weighted by atomic mass is 9.74. The summed E-state index contributed by atoms with van der Waals surface area (Å²) in [5.74, 6) is 0.741. The van der Waals surface area contributed by atoms with Crippen molar-refractivity contribution in [1.29, 1.82) is 0 Å². The van der Waals surface area contributed by atoms with E-state index in [1.54, 1.807) is 0 Å². The topological polar surface area (TPSA) is 37.4 Å². The SMILES string of the molecule is Cc1ccccc1N1C(=O)CC2(CC3C=CC2C3)C1=O. The highest BCUT2D eigenvalue weighted by atomic mass is 16.2. The van der Waals surface area contributed by atoms with Crippen LogP contribution in [0, 0.1) is 24.2 Å². The average Bonchev–Trinajstić information content (AvgIpc) is 3.07. The second-order valence-corrected chi connectivity index (χ2v) is 6.35. The summed E-state index contributed by atoms with van der Waals surface area (Å²) < 4.78 is 0. The Labute approximate surface area is 118 Å². The number of hydrogen-bond acceptors (Lipinski definition) is 2. The van der Waals surface area contributed by atoms with Gasteiger partial charge < -0.3 is 0 Å². The van der Waals surface area contributed by atoms with Gasteiger partial charge in [-0.05, 0) is 43.2 Å². The third-order valence-electron chi connectivity index (χ3n) is 5.21. The van der Waals surface area contributed by atoms with E-state index in [9.17, 15) is 9.59 Å². The molecule has 3 heteroatoms. The number of aryl methyl sites for hydroxylation is 1. The molecule has 1 spiro atoms. The van der Waals surface area contributed by atoms with Gasteiger partial charge >= 0.3 is 0 Å². The number of carbonyl (C=O) groups excluding carboxylic acids is 2. The summed E-state index contributed by atoms with van der Waals surface area (Å²) in [6.07, 6.45) is 6.64. The van der Waals surface area contributed by atoms with Crippen molar-refractivity contribution in [2.24, 2.45) is 17.3 Å². The fourth-order valence-electron chi connectivity index (χ4n) is 4.22. The van der Waals surface area contributed by atoms with Gasteiger partial charge in [-0.2, -0.15) is 0 Å². The third-order valence-corrected chi connectivity index (χ3v) is 5.21. The molecule has 4 rings (SSSR count). The molecule has 2 amide bonds. The first-order valence-corrected chi connectivity index (χ1v) is 7.23. The maximum Gasteiger partial charge on any atom is 0.241 e. The van der Waals surface area contributed by atoms with Crippen molar-refractivity contribution in [3.63, 3.8) is 0 Å². The summed E-state index contributed by atoms with van der Waals surface area (Å²) in [6, 6.07) is 7.63. The minimum Gasteiger partial charge on any atom is -0.274 e. The fourth-order valence-corrected chi connectivity index (χ4v) is 4.22. The number of hydrogen-bond donors (Lipinski definition) is 0. The van der Waals surface area contributed by atoms with Gasteiger partial charge in [-0.1, -0.05) is 30.4 Å². The van der Waals surface area contributed by atoms with E-state index in [4.69, 9.17) is 0 Å². The molecule has 0 radical (unpaired) electrons. The monoisotopic (exact) mass is 267 g/mol. The molecule has 20 heavy (non-hydrogen) atoms. The van der Waals surface area contributed by atoms with Crippen LogP contribution in [0.25, 0.3) is 0 Å². The molecule has 2 bridgehead atoms. The van der Waals surface area contributed by atoms with Gasteiger partial charge in [-0.3, -0.25) is 9.59 Å². The lowest BCUT2D eigenvalue weighted by Gasteiger charge is -2.28. The largest absolute Gasteiger partial charge is 0.274 e. The molecule has 1 aliphatic heterocycles. The highest BCUT2D eigenvalue weighted by Crippen LogP contribution is 2.57. The lowest BCUT2D eigenvalue weighted by molar-refractivity contribution is -0.126. The zero-order valence-corrected chi connectivity index (χ0v) is 11.5. The standard InChI is InChI=1S/C17H17NO2/c1-11-4-2-3-5-14(11)18-15(19)10-17(16(18)20)9-12-6-7-13(17)8-12/h2-7,12-13H,8-10H2,1H3. The summed E-state index contributed by atoms with van der Waals surface area (Å²) >= 11 is 0. The van der Waals surface area contributed by atoms with Crippen molar-refractivity contribution in [1.82, 2.24) is 0 Å². The molecule has 102 valence electrons. The maximum atomic E-state index is 13.0. The summed E-state index contributed by atoms with van der Waals surface area (Å²) in [5.41, 5.74) is 1.29. The fraction of sp³-hybridized carbons (Fsp3) is 0.412. The summed E-state index contributed by atoms with van der Waals surface area (Å²) in [7, 11) is 0. The van der Waals surface area contributed by atoms with Crippen molar-refractivity contribution in [2.45, 2.75) is 26.2 Å². The Morgan fingerprint density at radius 2 is 2.00 bits per heavy atom. The Kier molecular flexibility index (Phi) is 2.27. The summed E-state index contributed by atoms with van der Waals surface area (Å²) in [6.45, 7) is 1.95. The summed E-state index contributed by atoms with van der Waals surface area (Å²) in [5, 5.41) is 0. The van der Waals surface area contributed by atoms with E-state index in [1.807, 2.05) is 31.2 Å². The molecule has 1 aromatic carbocycles. The van der Waals surface area contributed by atoms with E-state index in [0.29, 0.717) is 12.3 Å². The van der Waals surface area contributed by atoms with E-state index in [1.165, 1.54) is 4.90 Å². The molecule has 2 aliphatic carbocycles. The predicted molar refractivity (Wildman–Crippen MR) is 76.1 cm³/mol. The number of para-hydroxylation sites is 1. The number of rotatable bonds is 1. The Morgan fingerprint density at radius 3 is 2.65 bits per heavy atom. The lowest BCUT2D eigenvalue weighted by Crippen LogP contribution is -2.38. The number of allylic oxidation sites excluding steroid dienone is 2. The number of anilines is 1. The van der Waals surface area contributed by atoms with Crippen LogP contribution in [0.4, 0.5) is 5.69 Å². The van der Waals surface area contributed by atoms with Gasteiger partial charge in [-0.15, -0.1) is 0 Å². The molecule has 1 heterocycles. The van der Waals surface area contributed by atoms with Crippen LogP contribution in [-0.2, 0) is 9.59 Å². The van der Waals surface area contributed by atoms with E-state index < -0.39 is 5.41 Å². The molecule has 0 N–H and O–H groups in total. The van der Waals surface area contributed by atoms with Crippen LogP contribution in [0.5, 0.6) is 0 Å². The molecule has 3 unspecified atom stereocenters. The first kappa shape index (κ1) is 11.9. The molecule has 3 nitrogen and oxygen atoms in total. The zero-order chi connectivity index (χ0) is 13.9. The molecule has 3 atom stereocenters. The van der Waals surface area contributed by atoms with Crippen LogP contribution in [0.2, 0.25) is 0 Å². The van der Waals surface area contributed by atoms with Crippen molar-refractivity contribution < 1.29 is 9.59 Å². The second-order valence-electron chi connectivity index (χ2n) is 6.35. The Bertz CT molecular complexity index is 648. The van der Waals surface area contributed by atoms with Crippen LogP contribution in [0.1, 0.15) is 24.8 Å². The zero-order valence-electron chi connectivity index (χ0n) is 11.5. The van der Waals surface area contributed by atoms with Crippen LogP contribution in [-0.4, -0.2) is 11.8 Å². The first-order valence-electron chi connectivity index (χ1n) is 7.23. The maximum absolute atomic E-state index is 13.0. The van der Waals surface area contributed by atoms with Crippen molar-refractivity contribution >= 4 is 17.5 Å². The van der Waals surface area contributed by atoms with Gasteiger partial charge in [0.1, 0.15) is 0 Å². The molecule has 2 fully saturated rings. The van der Waals surface area contributed by atoms with Gasteiger partial charge in [-0.25, -0.2) is 4.90 Å². The minimum atomic E-state index is -0.446. The molecule has 1 aromatic rings. The first-order chi connectivity index (χ1) is 9.62. The van der Waals surface area contributed by atoms with E-state index in [-0.39, 0.29) is 17.7 Å². The molecule has 1 saturated carbocycles. The minimum absolute atomic E-state index is 0.0219. The molecule has 0 aromatic heterocycles. The smallest absolute Gasteiger partial charge is 0.241 e. The highest BCUT2D eigenvalue weighted by molar-refractivity contribution is 6.23. The van der Waals surface area contributed by atoms with Crippen LogP contribution < -0.4 is 4.90 Å².